The molecule has 134 valence electrons. The molecule has 3 rings (SSSR count). The number of rotatable bonds is 8. The first kappa shape index (κ1) is 17.6. The molecule has 0 spiro atoms. The summed E-state index contributed by atoms with van der Waals surface area (Å²) in [5.74, 6) is 1.64. The van der Waals surface area contributed by atoms with Crippen molar-refractivity contribution in [3.8, 4) is 17.3 Å². The highest BCUT2D eigenvalue weighted by molar-refractivity contribution is 5.53. The molecule has 3 heterocycles. The molecule has 7 nitrogen and oxygen atoms in total. The van der Waals surface area contributed by atoms with Gasteiger partial charge >= 0.3 is 0 Å². The molecule has 0 aromatic carbocycles. The molecule has 0 saturated carbocycles. The molecule has 0 amide bonds. The molecule has 0 aliphatic carbocycles. The van der Waals surface area contributed by atoms with Crippen molar-refractivity contribution in [2.24, 2.45) is 0 Å². The van der Waals surface area contributed by atoms with Gasteiger partial charge in [0.1, 0.15) is 6.10 Å². The number of nitrogens with zero attached hydrogens (tertiary/aromatic N) is 4. The Hall–Kier alpha value is -2.25. The number of hydrogen-bond donors (Lipinski definition) is 0. The lowest BCUT2D eigenvalue weighted by molar-refractivity contribution is 0.0174. The molecular formula is C18H24N4O3. The number of aryl methyl sites for hydroxylation is 1. The van der Waals surface area contributed by atoms with Gasteiger partial charge in [0.2, 0.25) is 5.88 Å². The number of morpholine rings is 1. The maximum absolute atomic E-state index is 6.16. The highest BCUT2D eigenvalue weighted by atomic mass is 16.5. The summed E-state index contributed by atoms with van der Waals surface area (Å²) >= 11 is 0. The molecule has 0 N–H and O–H groups in total. The van der Waals surface area contributed by atoms with Crippen molar-refractivity contribution < 1.29 is 14.0 Å². The third kappa shape index (κ3) is 5.11. The Morgan fingerprint density at radius 3 is 2.96 bits per heavy atom. The number of allylic oxidation sites excluding steroid dienone is 1. The average Bonchev–Trinajstić information content (AvgIpc) is 3.07. The van der Waals surface area contributed by atoms with E-state index in [-0.39, 0.29) is 6.10 Å². The Morgan fingerprint density at radius 2 is 2.24 bits per heavy atom. The second kappa shape index (κ2) is 8.73. The Morgan fingerprint density at radius 1 is 1.40 bits per heavy atom. The van der Waals surface area contributed by atoms with Gasteiger partial charge in [0, 0.05) is 37.5 Å². The van der Waals surface area contributed by atoms with Gasteiger partial charge in [-0.2, -0.15) is 4.98 Å². The predicted molar refractivity (Wildman–Crippen MR) is 93.4 cm³/mol. The minimum atomic E-state index is 0.0447. The lowest BCUT2D eigenvalue weighted by Crippen LogP contribution is -2.42. The predicted octanol–water partition coefficient (Wildman–Crippen LogP) is 2.49. The summed E-state index contributed by atoms with van der Waals surface area (Å²) in [5.41, 5.74) is 0.805. The van der Waals surface area contributed by atoms with Crippen molar-refractivity contribution in [1.29, 1.82) is 0 Å². The van der Waals surface area contributed by atoms with Crippen LogP contribution in [0.15, 0.2) is 35.5 Å². The van der Waals surface area contributed by atoms with Gasteiger partial charge < -0.3 is 14.0 Å². The topological polar surface area (TPSA) is 73.5 Å². The zero-order valence-corrected chi connectivity index (χ0v) is 14.6. The second-order valence-electron chi connectivity index (χ2n) is 6.05. The average molecular weight is 344 g/mol. The third-order valence-corrected chi connectivity index (χ3v) is 4.06. The molecule has 1 saturated heterocycles. The van der Waals surface area contributed by atoms with Gasteiger partial charge in [-0.05, 0) is 25.8 Å². The molecular weight excluding hydrogens is 320 g/mol. The molecule has 1 aliphatic heterocycles. The largest absolute Gasteiger partial charge is 0.473 e. The van der Waals surface area contributed by atoms with Crippen molar-refractivity contribution in [2.75, 3.05) is 32.8 Å². The fraction of sp³-hybridized carbons (Fsp3) is 0.500. The Kier molecular flexibility index (Phi) is 6.14. The normalized spacial score (nSPS) is 16.5. The van der Waals surface area contributed by atoms with Gasteiger partial charge in [-0.3, -0.25) is 4.90 Å². The van der Waals surface area contributed by atoms with E-state index in [9.17, 15) is 0 Å². The van der Waals surface area contributed by atoms with E-state index in [1.165, 1.54) is 0 Å². The van der Waals surface area contributed by atoms with Crippen LogP contribution in [0.3, 0.4) is 0 Å². The standard InChI is InChI=1S/C18H24N4O3/c1-3-4-5-16(13-22-8-10-23-11-9-22)24-17-12-15(6-7-19-17)18-20-14(2)21-25-18/h3,6-7,12,16H,1,4-5,8-11,13H2,2H3/t16-/m1/s1. The van der Waals surface area contributed by atoms with Gasteiger partial charge in [-0.25, -0.2) is 4.98 Å². The fourth-order valence-corrected chi connectivity index (χ4v) is 2.75. The van der Waals surface area contributed by atoms with Crippen LogP contribution in [0.25, 0.3) is 11.5 Å². The molecule has 25 heavy (non-hydrogen) atoms. The van der Waals surface area contributed by atoms with Crippen LogP contribution in [-0.4, -0.2) is 59.0 Å². The van der Waals surface area contributed by atoms with Crippen molar-refractivity contribution in [1.82, 2.24) is 20.0 Å². The van der Waals surface area contributed by atoms with Crippen LogP contribution in [-0.2, 0) is 4.74 Å². The summed E-state index contributed by atoms with van der Waals surface area (Å²) in [5, 5.41) is 3.82. The monoisotopic (exact) mass is 344 g/mol. The van der Waals surface area contributed by atoms with Crippen LogP contribution in [0, 0.1) is 6.92 Å². The van der Waals surface area contributed by atoms with Crippen molar-refractivity contribution >= 4 is 0 Å². The van der Waals surface area contributed by atoms with Gasteiger partial charge in [0.05, 0.1) is 13.2 Å². The summed E-state index contributed by atoms with van der Waals surface area (Å²) in [7, 11) is 0. The first-order chi connectivity index (χ1) is 12.2. The fourth-order valence-electron chi connectivity index (χ4n) is 2.75. The molecule has 0 bridgehead atoms. The van der Waals surface area contributed by atoms with Crippen LogP contribution in [0.2, 0.25) is 0 Å². The molecule has 1 fully saturated rings. The number of pyridine rings is 1. The molecule has 2 aromatic heterocycles. The molecule has 1 aliphatic rings. The molecule has 0 unspecified atom stereocenters. The minimum absolute atomic E-state index is 0.0447. The summed E-state index contributed by atoms with van der Waals surface area (Å²) in [6, 6.07) is 3.67. The Balaban J connectivity index is 1.68. The van der Waals surface area contributed by atoms with E-state index < -0.39 is 0 Å². The van der Waals surface area contributed by atoms with Crippen LogP contribution < -0.4 is 4.74 Å². The Bertz CT molecular complexity index is 682. The highest BCUT2D eigenvalue weighted by Crippen LogP contribution is 2.22. The zero-order valence-electron chi connectivity index (χ0n) is 14.6. The summed E-state index contributed by atoms with van der Waals surface area (Å²) < 4.78 is 16.8. The Labute approximate surface area is 147 Å². The number of ether oxygens (including phenoxy) is 2. The van der Waals surface area contributed by atoms with E-state index in [1.54, 1.807) is 13.1 Å². The SMILES string of the molecule is C=CCC[C@H](CN1CCOCC1)Oc1cc(-c2nc(C)no2)ccn1. The first-order valence-corrected chi connectivity index (χ1v) is 8.59. The van der Waals surface area contributed by atoms with E-state index in [2.05, 4.69) is 26.6 Å². The van der Waals surface area contributed by atoms with E-state index >= 15 is 0 Å². The van der Waals surface area contributed by atoms with Crippen LogP contribution in [0.1, 0.15) is 18.7 Å². The number of hydrogen-bond acceptors (Lipinski definition) is 7. The molecule has 7 heteroatoms. The van der Waals surface area contributed by atoms with Crippen molar-refractivity contribution in [3.05, 3.63) is 36.8 Å². The van der Waals surface area contributed by atoms with Gasteiger partial charge in [0.15, 0.2) is 5.82 Å². The van der Waals surface area contributed by atoms with E-state index in [0.717, 1.165) is 51.3 Å². The highest BCUT2D eigenvalue weighted by Gasteiger charge is 2.19. The van der Waals surface area contributed by atoms with E-state index in [4.69, 9.17) is 14.0 Å². The van der Waals surface area contributed by atoms with Crippen molar-refractivity contribution in [3.63, 3.8) is 0 Å². The summed E-state index contributed by atoms with van der Waals surface area (Å²) in [4.78, 5) is 10.9. The minimum Gasteiger partial charge on any atom is -0.473 e. The first-order valence-electron chi connectivity index (χ1n) is 8.59. The smallest absolute Gasteiger partial charge is 0.258 e. The van der Waals surface area contributed by atoms with Gasteiger partial charge in [0.25, 0.3) is 5.89 Å². The van der Waals surface area contributed by atoms with Crippen LogP contribution in [0.4, 0.5) is 0 Å². The summed E-state index contributed by atoms with van der Waals surface area (Å²) in [6.45, 7) is 9.87. The van der Waals surface area contributed by atoms with Crippen molar-refractivity contribution in [2.45, 2.75) is 25.9 Å². The van der Waals surface area contributed by atoms with Crippen LogP contribution in [0.5, 0.6) is 5.88 Å². The van der Waals surface area contributed by atoms with E-state index in [0.29, 0.717) is 17.6 Å². The second-order valence-corrected chi connectivity index (χ2v) is 6.05. The summed E-state index contributed by atoms with van der Waals surface area (Å²) in [6.07, 6.45) is 5.46. The quantitative estimate of drug-likeness (QED) is 0.681. The molecule has 0 radical (unpaired) electrons. The zero-order chi connectivity index (χ0) is 17.5. The van der Waals surface area contributed by atoms with Gasteiger partial charge in [-0.1, -0.05) is 11.2 Å². The van der Waals surface area contributed by atoms with E-state index in [1.807, 2.05) is 18.2 Å². The number of aromatic nitrogens is 3. The maximum atomic E-state index is 6.16. The third-order valence-electron chi connectivity index (χ3n) is 4.06. The lowest BCUT2D eigenvalue weighted by Gasteiger charge is -2.30. The molecule has 1 atom stereocenters. The maximum Gasteiger partial charge on any atom is 0.258 e. The van der Waals surface area contributed by atoms with Gasteiger partial charge in [-0.15, -0.1) is 6.58 Å². The molecule has 2 aromatic rings. The lowest BCUT2D eigenvalue weighted by atomic mass is 10.1. The van der Waals surface area contributed by atoms with Crippen LogP contribution >= 0.6 is 0 Å².